The molecule has 2 heterocycles. The molecule has 0 saturated heterocycles. The van der Waals surface area contributed by atoms with E-state index < -0.39 is 17.9 Å². The van der Waals surface area contributed by atoms with Gasteiger partial charge in [0, 0.05) is 23.2 Å². The summed E-state index contributed by atoms with van der Waals surface area (Å²) in [5.74, 6) is -1.34. The zero-order chi connectivity index (χ0) is 24.8. The lowest BCUT2D eigenvalue weighted by atomic mass is 10.1. The second-order valence-electron chi connectivity index (χ2n) is 8.41. The summed E-state index contributed by atoms with van der Waals surface area (Å²) in [4.78, 5) is 46.0. The maximum Gasteiger partial charge on any atom is 0.328 e. The van der Waals surface area contributed by atoms with Crippen molar-refractivity contribution < 1.29 is 19.1 Å². The second-order valence-corrected chi connectivity index (χ2v) is 8.41. The molecule has 180 valence electrons. The van der Waals surface area contributed by atoms with Crippen LogP contribution in [0.2, 0.25) is 0 Å². The lowest BCUT2D eigenvalue weighted by Gasteiger charge is -2.18. The number of H-pyrrole nitrogens is 1. The summed E-state index contributed by atoms with van der Waals surface area (Å²) in [7, 11) is 0. The molecule has 0 aliphatic rings. The number of hydrogen-bond acceptors (Lipinski definition) is 6. The van der Waals surface area contributed by atoms with Gasteiger partial charge in [0.25, 0.3) is 5.91 Å². The molecule has 1 amide bonds. The van der Waals surface area contributed by atoms with Gasteiger partial charge in [0.05, 0.1) is 5.52 Å². The number of ether oxygens (including phenoxy) is 1. The molecule has 1 atom stereocenters. The molecule has 4 aromatic rings. The van der Waals surface area contributed by atoms with Gasteiger partial charge in [-0.3, -0.25) is 9.59 Å². The monoisotopic (exact) mass is 472 g/mol. The molecule has 4 rings (SSSR count). The Hall–Kier alpha value is -4.04. The molecule has 2 aromatic heterocycles. The number of nitrogens with one attached hydrogen (secondary N) is 2. The Morgan fingerprint density at radius 2 is 1.77 bits per heavy atom. The molecule has 4 N–H and O–H groups in total. The van der Waals surface area contributed by atoms with Crippen LogP contribution in [0.1, 0.15) is 52.7 Å². The molecule has 0 saturated carbocycles. The number of hydrogen-bond donors (Lipinski definition) is 3. The zero-order valence-electron chi connectivity index (χ0n) is 19.5. The molecule has 8 nitrogen and oxygen atoms in total. The van der Waals surface area contributed by atoms with Crippen LogP contribution in [0, 0.1) is 0 Å². The van der Waals surface area contributed by atoms with Crippen molar-refractivity contribution in [2.75, 3.05) is 6.54 Å². The minimum Gasteiger partial charge on any atom is -0.459 e. The Balaban J connectivity index is 1.59. The van der Waals surface area contributed by atoms with E-state index in [0.717, 1.165) is 21.9 Å². The van der Waals surface area contributed by atoms with Gasteiger partial charge in [0.2, 0.25) is 0 Å². The fraction of sp³-hybridized carbons (Fsp3) is 0.259. The van der Waals surface area contributed by atoms with Crippen molar-refractivity contribution in [3.8, 4) is 0 Å². The lowest BCUT2D eigenvalue weighted by molar-refractivity contribution is -0.147. The van der Waals surface area contributed by atoms with Crippen LogP contribution >= 0.6 is 0 Å². The van der Waals surface area contributed by atoms with E-state index in [0.29, 0.717) is 31.3 Å². The quantitative estimate of drug-likeness (QED) is 0.183. The number of carbonyl (C=O) groups is 3. The summed E-state index contributed by atoms with van der Waals surface area (Å²) in [6.07, 6.45) is 1.74. The predicted molar refractivity (Wildman–Crippen MR) is 134 cm³/mol. The Kier molecular flexibility index (Phi) is 7.52. The van der Waals surface area contributed by atoms with E-state index in [2.05, 4.69) is 15.3 Å². The molecule has 2 aromatic carbocycles. The van der Waals surface area contributed by atoms with Gasteiger partial charge in [0.15, 0.2) is 5.78 Å². The van der Waals surface area contributed by atoms with Gasteiger partial charge in [-0.25, -0.2) is 9.78 Å². The van der Waals surface area contributed by atoms with Crippen molar-refractivity contribution in [3.63, 3.8) is 0 Å². The lowest BCUT2D eigenvalue weighted by Crippen LogP contribution is -2.42. The van der Waals surface area contributed by atoms with E-state index in [4.69, 9.17) is 10.5 Å². The number of esters is 1. The minimum atomic E-state index is -0.862. The molecule has 0 fully saturated rings. The number of aromatic nitrogens is 2. The third-order valence-electron chi connectivity index (χ3n) is 5.82. The van der Waals surface area contributed by atoms with Crippen LogP contribution in [-0.2, 0) is 16.1 Å². The van der Waals surface area contributed by atoms with E-state index in [9.17, 15) is 14.4 Å². The number of unbranched alkanes of at least 4 members (excludes halogenated alkanes) is 1. The number of fused-ring (bicyclic) bond motifs is 3. The number of para-hydroxylation sites is 1. The summed E-state index contributed by atoms with van der Waals surface area (Å²) >= 11 is 0. The Morgan fingerprint density at radius 1 is 1.03 bits per heavy atom. The fourth-order valence-corrected chi connectivity index (χ4v) is 4.02. The van der Waals surface area contributed by atoms with Gasteiger partial charge in [-0.05, 0) is 43.5 Å². The third kappa shape index (κ3) is 5.55. The van der Waals surface area contributed by atoms with Crippen LogP contribution in [-0.4, -0.2) is 40.2 Å². The first-order valence-electron chi connectivity index (χ1n) is 11.6. The predicted octanol–water partition coefficient (Wildman–Crippen LogP) is 3.89. The van der Waals surface area contributed by atoms with Crippen LogP contribution < -0.4 is 11.1 Å². The van der Waals surface area contributed by atoms with Crippen LogP contribution in [0.5, 0.6) is 0 Å². The fourth-order valence-electron chi connectivity index (χ4n) is 4.02. The number of Topliss-reactive ketones (excluding diaryl/α,β-unsaturated/α-hetero) is 1. The van der Waals surface area contributed by atoms with E-state index in [-0.39, 0.29) is 23.8 Å². The van der Waals surface area contributed by atoms with Crippen LogP contribution in [0.3, 0.4) is 0 Å². The van der Waals surface area contributed by atoms with Crippen LogP contribution in [0.15, 0.2) is 60.7 Å². The maximum atomic E-state index is 13.2. The summed E-state index contributed by atoms with van der Waals surface area (Å²) in [5.41, 5.74) is 8.11. The first-order valence-corrected chi connectivity index (χ1v) is 11.6. The van der Waals surface area contributed by atoms with Crippen molar-refractivity contribution in [3.05, 3.63) is 77.6 Å². The molecule has 0 radical (unpaired) electrons. The first-order chi connectivity index (χ1) is 17.0. The largest absolute Gasteiger partial charge is 0.459 e. The molecular formula is C27H28N4O4. The van der Waals surface area contributed by atoms with Gasteiger partial charge in [-0.15, -0.1) is 0 Å². The molecule has 0 aliphatic heterocycles. The Bertz CT molecular complexity index is 1360. The van der Waals surface area contributed by atoms with E-state index in [1.165, 1.54) is 6.92 Å². The standard InChI is InChI=1S/C27H28N4O4/c1-17(32)24-25-20(19-11-5-6-12-21(19)29-25)15-23(30-24)26(33)31-22(13-7-8-14-28)27(34)35-16-18-9-3-2-4-10-18/h2-6,9-12,15,22,29H,7-8,13-14,16,28H2,1H3,(H,31,33)/t22-/m0/s1. The first kappa shape index (κ1) is 24.1. The maximum absolute atomic E-state index is 13.2. The van der Waals surface area contributed by atoms with E-state index >= 15 is 0 Å². The number of benzene rings is 2. The number of rotatable bonds is 10. The molecule has 0 bridgehead atoms. The van der Waals surface area contributed by atoms with E-state index in [1.54, 1.807) is 6.07 Å². The summed E-state index contributed by atoms with van der Waals surface area (Å²) in [5, 5.41) is 4.36. The number of pyridine rings is 1. The highest BCUT2D eigenvalue weighted by Gasteiger charge is 2.25. The molecular weight excluding hydrogens is 444 g/mol. The molecule has 0 unspecified atom stereocenters. The van der Waals surface area contributed by atoms with Gasteiger partial charge >= 0.3 is 5.97 Å². The number of nitrogens with two attached hydrogens (primary N) is 1. The number of amides is 1. The molecule has 0 spiro atoms. The van der Waals surface area contributed by atoms with Crippen LogP contribution in [0.25, 0.3) is 21.8 Å². The Morgan fingerprint density at radius 3 is 2.51 bits per heavy atom. The van der Waals surface area contributed by atoms with E-state index in [1.807, 2.05) is 54.6 Å². The number of carbonyl (C=O) groups excluding carboxylic acids is 3. The zero-order valence-corrected chi connectivity index (χ0v) is 19.5. The molecule has 0 aliphatic carbocycles. The van der Waals surface area contributed by atoms with Crippen molar-refractivity contribution in [2.24, 2.45) is 5.73 Å². The normalized spacial score (nSPS) is 11.9. The average Bonchev–Trinajstić information content (AvgIpc) is 3.25. The van der Waals surface area contributed by atoms with Gasteiger partial charge < -0.3 is 20.8 Å². The van der Waals surface area contributed by atoms with Crippen molar-refractivity contribution >= 4 is 39.5 Å². The highest BCUT2D eigenvalue weighted by molar-refractivity contribution is 6.15. The summed E-state index contributed by atoms with van der Waals surface area (Å²) in [6.45, 7) is 2.00. The SMILES string of the molecule is CC(=O)c1nc(C(=O)N[C@@H](CCCCN)C(=O)OCc2ccccc2)cc2c1[nH]c1ccccc12. The third-order valence-corrected chi connectivity index (χ3v) is 5.82. The van der Waals surface area contributed by atoms with Gasteiger partial charge in [-0.1, -0.05) is 48.5 Å². The summed E-state index contributed by atoms with van der Waals surface area (Å²) in [6, 6.07) is 17.7. The average molecular weight is 473 g/mol. The van der Waals surface area contributed by atoms with Crippen molar-refractivity contribution in [1.29, 1.82) is 0 Å². The van der Waals surface area contributed by atoms with Crippen molar-refractivity contribution in [1.82, 2.24) is 15.3 Å². The molecule has 35 heavy (non-hydrogen) atoms. The number of ketones is 1. The summed E-state index contributed by atoms with van der Waals surface area (Å²) < 4.78 is 5.47. The highest BCUT2D eigenvalue weighted by Crippen LogP contribution is 2.28. The topological polar surface area (TPSA) is 127 Å². The van der Waals surface area contributed by atoms with Crippen molar-refractivity contribution in [2.45, 2.75) is 38.8 Å². The highest BCUT2D eigenvalue weighted by atomic mass is 16.5. The second kappa shape index (κ2) is 10.9. The smallest absolute Gasteiger partial charge is 0.328 e. The minimum absolute atomic E-state index is 0.0622. The van der Waals surface area contributed by atoms with Crippen LogP contribution in [0.4, 0.5) is 0 Å². The Labute approximate surface area is 202 Å². The van der Waals surface area contributed by atoms with Gasteiger partial charge in [0.1, 0.15) is 24.0 Å². The number of aromatic amines is 1. The van der Waals surface area contributed by atoms with Gasteiger partial charge in [-0.2, -0.15) is 0 Å². The molecule has 8 heteroatoms. The number of nitrogens with zero attached hydrogens (tertiary/aromatic N) is 1.